The first-order chi connectivity index (χ1) is 14.8. The van der Waals surface area contributed by atoms with E-state index >= 15 is 0 Å². The third kappa shape index (κ3) is 3.84. The molecule has 7 heteroatoms. The lowest BCUT2D eigenvalue weighted by molar-refractivity contribution is -0.133. The topological polar surface area (TPSA) is 86.6 Å². The minimum Gasteiger partial charge on any atom is -0.508 e. The van der Waals surface area contributed by atoms with Gasteiger partial charge in [-0.1, -0.05) is 48.3 Å². The van der Waals surface area contributed by atoms with Crippen molar-refractivity contribution in [3.05, 3.63) is 86.2 Å². The van der Waals surface area contributed by atoms with Crippen LogP contribution in [0.15, 0.2) is 65.0 Å². The highest BCUT2D eigenvalue weighted by Crippen LogP contribution is 2.48. The summed E-state index contributed by atoms with van der Waals surface area (Å²) in [7, 11) is 0. The molecule has 2 unspecified atom stereocenters. The molecule has 0 spiro atoms. The van der Waals surface area contributed by atoms with Gasteiger partial charge in [0.2, 0.25) is 0 Å². The zero-order valence-corrected chi connectivity index (χ0v) is 18.3. The average Bonchev–Trinajstić information content (AvgIpc) is 2.72. The summed E-state index contributed by atoms with van der Waals surface area (Å²) < 4.78 is 0. The second kappa shape index (κ2) is 8.40. The van der Waals surface area contributed by atoms with Gasteiger partial charge in [-0.2, -0.15) is 0 Å². The van der Waals surface area contributed by atoms with Gasteiger partial charge in [-0.25, -0.2) is 4.79 Å². The molecule has 5 nitrogen and oxygen atoms in total. The Labute approximate surface area is 190 Å². The van der Waals surface area contributed by atoms with E-state index in [1.165, 1.54) is 12.1 Å². The Bertz CT molecular complexity index is 1130. The van der Waals surface area contributed by atoms with Gasteiger partial charge in [0.25, 0.3) is 0 Å². The van der Waals surface area contributed by atoms with Crippen LogP contribution in [-0.2, 0) is 9.59 Å². The number of nitrogens with one attached hydrogen (secondary N) is 1. The summed E-state index contributed by atoms with van der Waals surface area (Å²) in [6, 6.07) is 11.7. The molecule has 1 aliphatic heterocycles. The Kier molecular flexibility index (Phi) is 5.82. The van der Waals surface area contributed by atoms with E-state index in [9.17, 15) is 19.8 Å². The van der Waals surface area contributed by atoms with Crippen molar-refractivity contribution in [1.29, 1.82) is 0 Å². The monoisotopic (exact) mass is 457 g/mol. The summed E-state index contributed by atoms with van der Waals surface area (Å²) in [5, 5.41) is 24.2. The minimum absolute atomic E-state index is 0.0185. The highest BCUT2D eigenvalue weighted by atomic mass is 35.5. The maximum Gasteiger partial charge on any atom is 0.334 e. The van der Waals surface area contributed by atoms with E-state index in [1.54, 1.807) is 30.3 Å². The van der Waals surface area contributed by atoms with Gasteiger partial charge in [0.1, 0.15) is 5.75 Å². The van der Waals surface area contributed by atoms with Gasteiger partial charge < -0.3 is 15.5 Å². The van der Waals surface area contributed by atoms with E-state index in [1.807, 2.05) is 6.92 Å². The van der Waals surface area contributed by atoms with Crippen LogP contribution >= 0.6 is 23.2 Å². The second-order valence-electron chi connectivity index (χ2n) is 7.76. The third-order valence-corrected chi connectivity index (χ3v) is 6.57. The first kappa shape index (κ1) is 21.5. The molecule has 2 aromatic rings. The number of rotatable bonds is 4. The Morgan fingerprint density at radius 3 is 2.42 bits per heavy atom. The molecule has 160 valence electrons. The van der Waals surface area contributed by atoms with Crippen LogP contribution in [-0.4, -0.2) is 22.0 Å². The van der Waals surface area contributed by atoms with Crippen molar-refractivity contribution in [1.82, 2.24) is 5.32 Å². The molecule has 0 bridgehead atoms. The molecule has 2 atom stereocenters. The standard InChI is InChI=1S/C24H21Cl2NO4/c1-2-17-23(24(30)31)21(12-5-3-6-14(28)9-12)22-18(27-17)10-13(11-19(22)29)20-15(25)7-4-8-16(20)26/h3-9,13,21,27-28H,2,10-11H2,1H3,(H,30,31). The molecule has 1 aliphatic carbocycles. The first-order valence-corrected chi connectivity index (χ1v) is 10.8. The number of benzene rings is 2. The van der Waals surface area contributed by atoms with Gasteiger partial charge in [0.15, 0.2) is 5.78 Å². The number of phenols is 1. The zero-order valence-electron chi connectivity index (χ0n) is 16.8. The molecule has 2 aromatic carbocycles. The molecular formula is C24H21Cl2NO4. The quantitative estimate of drug-likeness (QED) is 0.561. The van der Waals surface area contributed by atoms with Crippen molar-refractivity contribution in [2.45, 2.75) is 38.0 Å². The molecular weight excluding hydrogens is 437 g/mol. The molecule has 0 saturated heterocycles. The van der Waals surface area contributed by atoms with Gasteiger partial charge in [0, 0.05) is 39.4 Å². The summed E-state index contributed by atoms with van der Waals surface area (Å²) in [5.74, 6) is -2.20. The fraction of sp³-hybridized carbons (Fsp3) is 0.250. The summed E-state index contributed by atoms with van der Waals surface area (Å²) in [5.41, 5.74) is 3.10. The SMILES string of the molecule is CCC1=C(C(=O)O)C(c2cccc(O)c2)C2=C(CC(c3c(Cl)cccc3Cl)CC2=O)N1. The molecule has 0 radical (unpaired) electrons. The van der Waals surface area contributed by atoms with Gasteiger partial charge >= 0.3 is 5.97 Å². The molecule has 0 aromatic heterocycles. The van der Waals surface area contributed by atoms with Crippen molar-refractivity contribution in [3.8, 4) is 5.75 Å². The number of allylic oxidation sites excluding steroid dienone is 3. The largest absolute Gasteiger partial charge is 0.508 e. The van der Waals surface area contributed by atoms with Crippen molar-refractivity contribution >= 4 is 35.0 Å². The van der Waals surface area contributed by atoms with Crippen molar-refractivity contribution in [3.63, 3.8) is 0 Å². The Morgan fingerprint density at radius 1 is 1.13 bits per heavy atom. The van der Waals surface area contributed by atoms with E-state index in [0.29, 0.717) is 45.4 Å². The second-order valence-corrected chi connectivity index (χ2v) is 8.57. The molecule has 2 aliphatic rings. The summed E-state index contributed by atoms with van der Waals surface area (Å²) in [6.45, 7) is 1.86. The summed E-state index contributed by atoms with van der Waals surface area (Å²) in [6.07, 6.45) is 1.11. The number of hydrogen-bond acceptors (Lipinski definition) is 4. The smallest absolute Gasteiger partial charge is 0.334 e. The number of aromatic hydroxyl groups is 1. The lowest BCUT2D eigenvalue weighted by Gasteiger charge is -2.37. The van der Waals surface area contributed by atoms with E-state index in [0.717, 1.165) is 5.56 Å². The van der Waals surface area contributed by atoms with E-state index in [2.05, 4.69) is 5.32 Å². The van der Waals surface area contributed by atoms with Gasteiger partial charge in [-0.3, -0.25) is 4.79 Å². The number of phenolic OH excluding ortho intramolecular Hbond substituents is 1. The van der Waals surface area contributed by atoms with E-state index in [-0.39, 0.29) is 29.4 Å². The lowest BCUT2D eigenvalue weighted by atomic mass is 9.71. The maximum absolute atomic E-state index is 13.4. The van der Waals surface area contributed by atoms with Crippen LogP contribution in [0.3, 0.4) is 0 Å². The highest BCUT2D eigenvalue weighted by Gasteiger charge is 2.42. The highest BCUT2D eigenvalue weighted by molar-refractivity contribution is 6.36. The molecule has 0 saturated carbocycles. The van der Waals surface area contributed by atoms with Crippen LogP contribution in [0.2, 0.25) is 10.0 Å². The Morgan fingerprint density at radius 2 is 1.81 bits per heavy atom. The van der Waals surface area contributed by atoms with Crippen LogP contribution in [0.5, 0.6) is 5.75 Å². The Balaban J connectivity index is 1.86. The van der Waals surface area contributed by atoms with Crippen molar-refractivity contribution < 1.29 is 19.8 Å². The molecule has 3 N–H and O–H groups in total. The predicted octanol–water partition coefficient (Wildman–Crippen LogP) is 5.54. The predicted molar refractivity (Wildman–Crippen MR) is 119 cm³/mol. The number of halogens is 2. The number of carboxylic acid groups (broad SMARTS) is 1. The number of aliphatic carboxylic acids is 1. The average molecular weight is 458 g/mol. The zero-order chi connectivity index (χ0) is 22.3. The summed E-state index contributed by atoms with van der Waals surface area (Å²) >= 11 is 12.8. The summed E-state index contributed by atoms with van der Waals surface area (Å²) in [4.78, 5) is 25.6. The number of hydrogen-bond donors (Lipinski definition) is 3. The van der Waals surface area contributed by atoms with E-state index in [4.69, 9.17) is 23.2 Å². The van der Waals surface area contributed by atoms with Crippen LogP contribution in [0.25, 0.3) is 0 Å². The normalized spacial score (nSPS) is 21.1. The van der Waals surface area contributed by atoms with Gasteiger partial charge in [0.05, 0.1) is 5.57 Å². The van der Waals surface area contributed by atoms with Crippen LogP contribution < -0.4 is 5.32 Å². The number of Topliss-reactive ketones (excluding diaryl/α,β-unsaturated/α-hetero) is 1. The minimum atomic E-state index is -1.09. The van der Waals surface area contributed by atoms with Crippen molar-refractivity contribution in [2.75, 3.05) is 0 Å². The molecule has 31 heavy (non-hydrogen) atoms. The molecule has 0 amide bonds. The lowest BCUT2D eigenvalue weighted by Crippen LogP contribution is -2.36. The third-order valence-electron chi connectivity index (χ3n) is 5.91. The van der Waals surface area contributed by atoms with E-state index < -0.39 is 11.9 Å². The fourth-order valence-corrected chi connectivity index (χ4v) is 5.33. The maximum atomic E-state index is 13.4. The van der Waals surface area contributed by atoms with Crippen LogP contribution in [0.1, 0.15) is 49.1 Å². The molecule has 1 heterocycles. The Hall–Kier alpha value is -2.76. The van der Waals surface area contributed by atoms with Gasteiger partial charge in [-0.15, -0.1) is 0 Å². The number of dihydropyridines is 1. The first-order valence-electron chi connectivity index (χ1n) is 10.0. The molecule has 0 fully saturated rings. The van der Waals surface area contributed by atoms with Crippen LogP contribution in [0, 0.1) is 0 Å². The number of ketones is 1. The van der Waals surface area contributed by atoms with Crippen molar-refractivity contribution in [2.24, 2.45) is 0 Å². The molecule has 4 rings (SSSR count). The fourth-order valence-electron chi connectivity index (χ4n) is 4.63. The number of carboxylic acids is 1. The van der Waals surface area contributed by atoms with Gasteiger partial charge in [-0.05, 0) is 54.2 Å². The number of carbonyl (C=O) groups is 2. The number of carbonyl (C=O) groups excluding carboxylic acids is 1. The van der Waals surface area contributed by atoms with Crippen LogP contribution in [0.4, 0.5) is 0 Å².